The van der Waals surface area contributed by atoms with Crippen molar-refractivity contribution in [2.24, 2.45) is 0 Å². The second-order valence-corrected chi connectivity index (χ2v) is 8.86. The average Bonchev–Trinajstić information content (AvgIpc) is 2.60. The van der Waals surface area contributed by atoms with Crippen molar-refractivity contribution in [1.29, 1.82) is 0 Å². The topological polar surface area (TPSA) is 66.5 Å². The fraction of sp³-hybridized carbons (Fsp3) is 0.316. The van der Waals surface area contributed by atoms with E-state index in [0.717, 1.165) is 5.56 Å². The van der Waals surface area contributed by atoms with E-state index in [4.69, 9.17) is 11.6 Å². The number of hydrogen-bond donors (Lipinski definition) is 1. The van der Waals surface area contributed by atoms with Gasteiger partial charge in [-0.05, 0) is 43.9 Å². The maximum Gasteiger partial charge on any atom is 0.221 e. The molecule has 1 atom stereocenters. The third kappa shape index (κ3) is 6.12. The van der Waals surface area contributed by atoms with Gasteiger partial charge in [-0.25, -0.2) is 8.42 Å². The molecule has 0 bridgehead atoms. The SMILES string of the molecule is CN(C)C[C@H](NC(=O)CCS(=O)(=O)c1ccc(Cl)cc1)c1ccccc1. The van der Waals surface area contributed by atoms with Gasteiger partial charge in [-0.15, -0.1) is 0 Å². The van der Waals surface area contributed by atoms with E-state index in [0.29, 0.717) is 11.6 Å². The van der Waals surface area contributed by atoms with Crippen LogP contribution in [0.25, 0.3) is 0 Å². The summed E-state index contributed by atoms with van der Waals surface area (Å²) >= 11 is 5.78. The van der Waals surface area contributed by atoms with Crippen LogP contribution < -0.4 is 5.32 Å². The molecule has 0 saturated carbocycles. The molecule has 0 aliphatic heterocycles. The van der Waals surface area contributed by atoms with Crippen LogP contribution in [0, 0.1) is 0 Å². The molecule has 26 heavy (non-hydrogen) atoms. The lowest BCUT2D eigenvalue weighted by Gasteiger charge is -2.23. The molecule has 0 aliphatic rings. The molecular weight excluding hydrogens is 372 g/mol. The maximum absolute atomic E-state index is 12.4. The van der Waals surface area contributed by atoms with Gasteiger partial charge in [0.15, 0.2) is 9.84 Å². The summed E-state index contributed by atoms with van der Waals surface area (Å²) < 4.78 is 24.7. The van der Waals surface area contributed by atoms with Crippen LogP contribution >= 0.6 is 11.6 Å². The lowest BCUT2D eigenvalue weighted by molar-refractivity contribution is -0.121. The van der Waals surface area contributed by atoms with Gasteiger partial charge < -0.3 is 10.2 Å². The summed E-state index contributed by atoms with van der Waals surface area (Å²) in [5.74, 6) is -0.539. The Labute approximate surface area is 159 Å². The second kappa shape index (κ2) is 9.16. The smallest absolute Gasteiger partial charge is 0.221 e. The molecule has 1 amide bonds. The van der Waals surface area contributed by atoms with Gasteiger partial charge in [-0.1, -0.05) is 41.9 Å². The summed E-state index contributed by atoms with van der Waals surface area (Å²) in [6.45, 7) is 0.625. The number of benzene rings is 2. The molecule has 0 saturated heterocycles. The molecule has 5 nitrogen and oxygen atoms in total. The van der Waals surface area contributed by atoms with E-state index in [1.165, 1.54) is 24.3 Å². The van der Waals surface area contributed by atoms with Gasteiger partial charge in [-0.3, -0.25) is 4.79 Å². The van der Waals surface area contributed by atoms with Crippen LogP contribution in [0.15, 0.2) is 59.5 Å². The standard InChI is InChI=1S/C19H23ClN2O3S/c1-22(2)14-18(15-6-4-3-5-7-15)21-19(23)12-13-26(24,25)17-10-8-16(20)9-11-17/h3-11,18H,12-14H2,1-2H3,(H,21,23)/t18-/m0/s1. The van der Waals surface area contributed by atoms with E-state index in [2.05, 4.69) is 5.32 Å². The summed E-state index contributed by atoms with van der Waals surface area (Å²) in [7, 11) is 0.322. The largest absolute Gasteiger partial charge is 0.348 e. The lowest BCUT2D eigenvalue weighted by atomic mass is 10.1. The molecule has 2 aromatic carbocycles. The Balaban J connectivity index is 2.00. The number of rotatable bonds is 8. The molecule has 0 radical (unpaired) electrons. The Bertz CT molecular complexity index is 822. The fourth-order valence-electron chi connectivity index (χ4n) is 2.54. The number of halogens is 1. The first-order valence-corrected chi connectivity index (χ1v) is 10.3. The summed E-state index contributed by atoms with van der Waals surface area (Å²) in [6, 6.07) is 15.4. The normalized spacial score (nSPS) is 12.8. The number of sulfone groups is 1. The molecule has 2 aromatic rings. The number of amides is 1. The van der Waals surface area contributed by atoms with E-state index < -0.39 is 9.84 Å². The van der Waals surface area contributed by atoms with Gasteiger partial charge in [0.05, 0.1) is 16.7 Å². The van der Waals surface area contributed by atoms with Crippen molar-refractivity contribution in [1.82, 2.24) is 10.2 Å². The zero-order chi connectivity index (χ0) is 19.2. The first-order valence-electron chi connectivity index (χ1n) is 8.25. The number of nitrogens with one attached hydrogen (secondary N) is 1. The maximum atomic E-state index is 12.4. The zero-order valence-corrected chi connectivity index (χ0v) is 16.4. The minimum Gasteiger partial charge on any atom is -0.348 e. The van der Waals surface area contributed by atoms with Gasteiger partial charge in [-0.2, -0.15) is 0 Å². The molecule has 0 aromatic heterocycles. The molecule has 0 spiro atoms. The highest BCUT2D eigenvalue weighted by Crippen LogP contribution is 2.17. The minimum atomic E-state index is -3.53. The molecule has 0 aliphatic carbocycles. The van der Waals surface area contributed by atoms with Crippen molar-refractivity contribution in [2.75, 3.05) is 26.4 Å². The van der Waals surface area contributed by atoms with E-state index in [9.17, 15) is 13.2 Å². The first kappa shape index (κ1) is 20.4. The van der Waals surface area contributed by atoms with Crippen molar-refractivity contribution < 1.29 is 13.2 Å². The molecule has 0 fully saturated rings. The predicted octanol–water partition coefficient (Wildman–Crippen LogP) is 2.92. The molecule has 0 unspecified atom stereocenters. The van der Waals surface area contributed by atoms with Crippen molar-refractivity contribution in [3.63, 3.8) is 0 Å². The van der Waals surface area contributed by atoms with E-state index >= 15 is 0 Å². The molecule has 140 valence electrons. The van der Waals surface area contributed by atoms with Crippen LogP contribution in [0.2, 0.25) is 5.02 Å². The number of nitrogens with zero attached hydrogens (tertiary/aromatic N) is 1. The molecule has 7 heteroatoms. The van der Waals surface area contributed by atoms with Gasteiger partial charge in [0, 0.05) is 18.0 Å². The van der Waals surface area contributed by atoms with Crippen LogP contribution in [-0.4, -0.2) is 45.6 Å². The van der Waals surface area contributed by atoms with E-state index in [-0.39, 0.29) is 29.0 Å². The van der Waals surface area contributed by atoms with Crippen molar-refractivity contribution in [2.45, 2.75) is 17.4 Å². The highest BCUT2D eigenvalue weighted by molar-refractivity contribution is 7.91. The highest BCUT2D eigenvalue weighted by Gasteiger charge is 2.19. The molecule has 2 rings (SSSR count). The lowest BCUT2D eigenvalue weighted by Crippen LogP contribution is -2.36. The zero-order valence-electron chi connectivity index (χ0n) is 14.9. The van der Waals surface area contributed by atoms with Crippen LogP contribution in [0.5, 0.6) is 0 Å². The number of carbonyl (C=O) groups is 1. The van der Waals surface area contributed by atoms with Crippen LogP contribution in [0.4, 0.5) is 0 Å². The summed E-state index contributed by atoms with van der Waals surface area (Å²) in [5, 5.41) is 3.40. The van der Waals surface area contributed by atoms with E-state index in [1.807, 2.05) is 49.3 Å². The Morgan fingerprint density at radius 2 is 1.69 bits per heavy atom. The Morgan fingerprint density at radius 1 is 1.08 bits per heavy atom. The Morgan fingerprint density at radius 3 is 2.27 bits per heavy atom. The summed E-state index contributed by atoms with van der Waals surface area (Å²) in [6.07, 6.45) is -0.0955. The number of carbonyl (C=O) groups excluding carboxylic acids is 1. The third-order valence-corrected chi connectivity index (χ3v) is 5.84. The van der Waals surface area contributed by atoms with Crippen LogP contribution in [-0.2, 0) is 14.6 Å². The third-order valence-electron chi connectivity index (χ3n) is 3.86. The van der Waals surface area contributed by atoms with Gasteiger partial charge >= 0.3 is 0 Å². The van der Waals surface area contributed by atoms with Crippen molar-refractivity contribution >= 4 is 27.3 Å². The Kier molecular flexibility index (Phi) is 7.20. The minimum absolute atomic E-state index is 0.0955. The summed E-state index contributed by atoms with van der Waals surface area (Å²) in [5.41, 5.74) is 0.982. The van der Waals surface area contributed by atoms with E-state index in [1.54, 1.807) is 0 Å². The van der Waals surface area contributed by atoms with Crippen molar-refractivity contribution in [3.05, 3.63) is 65.2 Å². The fourth-order valence-corrected chi connectivity index (χ4v) is 3.90. The average molecular weight is 395 g/mol. The van der Waals surface area contributed by atoms with Gasteiger partial charge in [0.2, 0.25) is 5.91 Å². The predicted molar refractivity (Wildman–Crippen MR) is 104 cm³/mol. The first-order chi connectivity index (χ1) is 12.3. The quantitative estimate of drug-likeness (QED) is 0.747. The highest BCUT2D eigenvalue weighted by atomic mass is 35.5. The molecule has 0 heterocycles. The molecular formula is C19H23ClN2O3S. The summed E-state index contributed by atoms with van der Waals surface area (Å²) in [4.78, 5) is 14.5. The van der Waals surface area contributed by atoms with Crippen LogP contribution in [0.3, 0.4) is 0 Å². The van der Waals surface area contributed by atoms with Crippen molar-refractivity contribution in [3.8, 4) is 0 Å². The monoisotopic (exact) mass is 394 g/mol. The number of hydrogen-bond acceptors (Lipinski definition) is 4. The van der Waals surface area contributed by atoms with Gasteiger partial charge in [0.1, 0.15) is 0 Å². The molecule has 1 N–H and O–H groups in total. The second-order valence-electron chi connectivity index (χ2n) is 6.32. The Hall–Kier alpha value is -1.89. The number of likely N-dealkylation sites (N-methyl/N-ethyl adjacent to an activating group) is 1. The van der Waals surface area contributed by atoms with Gasteiger partial charge in [0.25, 0.3) is 0 Å². The van der Waals surface area contributed by atoms with Crippen LogP contribution in [0.1, 0.15) is 18.0 Å².